The molecular weight excluding hydrogens is 359 g/mol. The summed E-state index contributed by atoms with van der Waals surface area (Å²) in [7, 11) is 0. The maximum atomic E-state index is 13.5. The Hall–Kier alpha value is -2.40. The SMILES string of the molecule is CC1(C)OC(=O)C(=CNc2c(C#N)ccc(F)c2Br)C(=O)O1. The molecule has 1 saturated heterocycles. The Morgan fingerprint density at radius 3 is 2.45 bits per heavy atom. The summed E-state index contributed by atoms with van der Waals surface area (Å²) in [6.07, 6.45) is 1.01. The van der Waals surface area contributed by atoms with Gasteiger partial charge in [0.15, 0.2) is 5.57 Å². The average Bonchev–Trinajstić information content (AvgIpc) is 2.41. The highest BCUT2D eigenvalue weighted by Gasteiger charge is 2.39. The van der Waals surface area contributed by atoms with E-state index in [2.05, 4.69) is 21.2 Å². The molecule has 114 valence electrons. The van der Waals surface area contributed by atoms with E-state index in [1.54, 1.807) is 0 Å². The lowest BCUT2D eigenvalue weighted by Crippen LogP contribution is -2.42. The third-order valence-corrected chi connectivity index (χ3v) is 3.47. The standard InChI is InChI=1S/C14H10BrFN2O4/c1-14(2)21-12(19)8(13(20)22-14)6-18-11-7(5-17)3-4-9(16)10(11)15/h3-4,6,18H,1-2H3. The van der Waals surface area contributed by atoms with Crippen molar-refractivity contribution >= 4 is 33.6 Å². The number of cyclic esters (lactones) is 2. The summed E-state index contributed by atoms with van der Waals surface area (Å²) in [6.45, 7) is 2.84. The molecule has 0 aliphatic carbocycles. The van der Waals surface area contributed by atoms with Crippen LogP contribution in [-0.2, 0) is 19.1 Å². The van der Waals surface area contributed by atoms with Gasteiger partial charge < -0.3 is 14.8 Å². The van der Waals surface area contributed by atoms with E-state index in [1.165, 1.54) is 19.9 Å². The monoisotopic (exact) mass is 368 g/mol. The van der Waals surface area contributed by atoms with Gasteiger partial charge >= 0.3 is 11.9 Å². The van der Waals surface area contributed by atoms with Gasteiger partial charge in [0.1, 0.15) is 11.9 Å². The van der Waals surface area contributed by atoms with Gasteiger partial charge in [-0.3, -0.25) is 0 Å². The number of ether oxygens (including phenoxy) is 2. The van der Waals surface area contributed by atoms with Gasteiger partial charge in [-0.1, -0.05) is 0 Å². The maximum absolute atomic E-state index is 13.5. The summed E-state index contributed by atoms with van der Waals surface area (Å²) < 4.78 is 23.3. The fraction of sp³-hybridized carbons (Fsp3) is 0.214. The summed E-state index contributed by atoms with van der Waals surface area (Å²) in [5, 5.41) is 11.6. The molecule has 1 aliphatic heterocycles. The topological polar surface area (TPSA) is 88.4 Å². The van der Waals surface area contributed by atoms with Crippen molar-refractivity contribution in [2.45, 2.75) is 19.6 Å². The highest BCUT2D eigenvalue weighted by molar-refractivity contribution is 9.10. The average molecular weight is 369 g/mol. The van der Waals surface area contributed by atoms with Crippen molar-refractivity contribution in [2.75, 3.05) is 5.32 Å². The van der Waals surface area contributed by atoms with Gasteiger partial charge in [-0.25, -0.2) is 14.0 Å². The van der Waals surface area contributed by atoms with Crippen molar-refractivity contribution in [3.63, 3.8) is 0 Å². The number of hydrogen-bond acceptors (Lipinski definition) is 6. The highest BCUT2D eigenvalue weighted by atomic mass is 79.9. The van der Waals surface area contributed by atoms with Crippen molar-refractivity contribution in [1.29, 1.82) is 5.26 Å². The number of nitrogens with zero attached hydrogens (tertiary/aromatic N) is 1. The molecule has 6 nitrogen and oxygen atoms in total. The van der Waals surface area contributed by atoms with E-state index >= 15 is 0 Å². The molecule has 0 saturated carbocycles. The first-order chi connectivity index (χ1) is 10.2. The van der Waals surface area contributed by atoms with E-state index in [1.807, 2.05) is 6.07 Å². The van der Waals surface area contributed by atoms with Gasteiger partial charge in [0, 0.05) is 20.0 Å². The Labute approximate surface area is 133 Å². The third kappa shape index (κ3) is 3.09. The van der Waals surface area contributed by atoms with Gasteiger partial charge in [-0.05, 0) is 28.1 Å². The minimum Gasteiger partial charge on any atom is -0.419 e. The highest BCUT2D eigenvalue weighted by Crippen LogP contribution is 2.30. The quantitative estimate of drug-likeness (QED) is 0.490. The van der Waals surface area contributed by atoms with E-state index in [9.17, 15) is 14.0 Å². The third-order valence-electron chi connectivity index (χ3n) is 2.69. The summed E-state index contributed by atoms with van der Waals surface area (Å²) in [4.78, 5) is 23.5. The van der Waals surface area contributed by atoms with Crippen LogP contribution in [0.2, 0.25) is 0 Å². The molecule has 0 aromatic heterocycles. The minimum atomic E-state index is -1.34. The van der Waals surface area contributed by atoms with Crippen molar-refractivity contribution < 1.29 is 23.5 Å². The first kappa shape index (κ1) is 16.0. The van der Waals surface area contributed by atoms with Crippen LogP contribution in [0.25, 0.3) is 0 Å². The van der Waals surface area contributed by atoms with Crippen molar-refractivity contribution in [1.82, 2.24) is 0 Å². The molecule has 0 spiro atoms. The predicted octanol–water partition coefficient (Wildman–Crippen LogP) is 2.59. The summed E-state index contributed by atoms with van der Waals surface area (Å²) in [6, 6.07) is 4.25. The normalized spacial score (nSPS) is 16.4. The number of hydrogen-bond donors (Lipinski definition) is 1. The number of benzene rings is 1. The number of rotatable bonds is 2. The van der Waals surface area contributed by atoms with Crippen LogP contribution in [0.1, 0.15) is 19.4 Å². The fourth-order valence-corrected chi connectivity index (χ4v) is 2.17. The molecule has 2 rings (SSSR count). The maximum Gasteiger partial charge on any atom is 0.350 e. The lowest BCUT2D eigenvalue weighted by atomic mass is 10.2. The molecule has 1 heterocycles. The van der Waals surface area contributed by atoms with Gasteiger partial charge in [-0.2, -0.15) is 5.26 Å². The second-order valence-corrected chi connectivity index (χ2v) is 5.57. The van der Waals surface area contributed by atoms with E-state index in [0.717, 1.165) is 12.3 Å². The van der Waals surface area contributed by atoms with Gasteiger partial charge in [0.2, 0.25) is 0 Å². The van der Waals surface area contributed by atoms with Crippen LogP contribution in [0.5, 0.6) is 0 Å². The molecule has 0 unspecified atom stereocenters. The molecule has 0 radical (unpaired) electrons. The zero-order valence-electron chi connectivity index (χ0n) is 11.6. The van der Waals surface area contributed by atoms with E-state index in [4.69, 9.17) is 14.7 Å². The zero-order chi connectivity index (χ0) is 16.5. The van der Waals surface area contributed by atoms with Crippen LogP contribution >= 0.6 is 15.9 Å². The molecule has 0 bridgehead atoms. The van der Waals surface area contributed by atoms with Crippen molar-refractivity contribution in [3.8, 4) is 6.07 Å². The van der Waals surface area contributed by atoms with E-state index in [-0.39, 0.29) is 21.3 Å². The number of anilines is 1. The van der Waals surface area contributed by atoms with Gasteiger partial charge in [0.05, 0.1) is 15.7 Å². The number of nitriles is 1. The molecule has 1 aliphatic rings. The fourth-order valence-electron chi connectivity index (χ4n) is 1.71. The van der Waals surface area contributed by atoms with E-state index in [0.29, 0.717) is 0 Å². The zero-order valence-corrected chi connectivity index (χ0v) is 13.2. The van der Waals surface area contributed by atoms with Crippen LogP contribution in [-0.4, -0.2) is 17.7 Å². The molecule has 0 amide bonds. The number of carbonyl (C=O) groups excluding carboxylic acids is 2. The number of nitrogens with one attached hydrogen (secondary N) is 1. The molecule has 8 heteroatoms. The molecular formula is C14H10BrFN2O4. The number of esters is 2. The molecule has 0 atom stereocenters. The Morgan fingerprint density at radius 1 is 1.32 bits per heavy atom. The number of carbonyl (C=O) groups is 2. The Morgan fingerprint density at radius 2 is 1.91 bits per heavy atom. The first-order valence-electron chi connectivity index (χ1n) is 6.06. The summed E-state index contributed by atoms with van der Waals surface area (Å²) in [5.41, 5.74) is -0.178. The van der Waals surface area contributed by atoms with Crippen LogP contribution in [0.4, 0.5) is 10.1 Å². The number of halogens is 2. The lowest BCUT2D eigenvalue weighted by molar-refractivity contribution is -0.222. The van der Waals surface area contributed by atoms with Crippen LogP contribution in [0, 0.1) is 17.1 Å². The van der Waals surface area contributed by atoms with Crippen molar-refractivity contribution in [2.24, 2.45) is 0 Å². The van der Waals surface area contributed by atoms with Crippen LogP contribution in [0.15, 0.2) is 28.4 Å². The minimum absolute atomic E-state index is 0.00118. The Bertz CT molecular complexity index is 715. The van der Waals surface area contributed by atoms with Crippen LogP contribution in [0.3, 0.4) is 0 Å². The smallest absolute Gasteiger partial charge is 0.350 e. The molecule has 1 N–H and O–H groups in total. The lowest BCUT2D eigenvalue weighted by Gasteiger charge is -2.29. The molecule has 22 heavy (non-hydrogen) atoms. The van der Waals surface area contributed by atoms with Crippen molar-refractivity contribution in [3.05, 3.63) is 39.8 Å². The second kappa shape index (κ2) is 5.77. The molecule has 1 fully saturated rings. The largest absolute Gasteiger partial charge is 0.419 e. The summed E-state index contributed by atoms with van der Waals surface area (Å²) >= 11 is 2.99. The Balaban J connectivity index is 2.34. The summed E-state index contributed by atoms with van der Waals surface area (Å²) in [5.74, 6) is -3.70. The van der Waals surface area contributed by atoms with E-state index < -0.39 is 23.5 Å². The van der Waals surface area contributed by atoms with Gasteiger partial charge in [-0.15, -0.1) is 0 Å². The first-order valence-corrected chi connectivity index (χ1v) is 6.86. The predicted molar refractivity (Wildman–Crippen MR) is 76.8 cm³/mol. The van der Waals surface area contributed by atoms with Crippen LogP contribution < -0.4 is 5.32 Å². The Kier molecular flexibility index (Phi) is 4.19. The van der Waals surface area contributed by atoms with Gasteiger partial charge in [0.25, 0.3) is 5.79 Å². The molecule has 1 aromatic carbocycles. The second-order valence-electron chi connectivity index (χ2n) is 4.78. The molecule has 1 aromatic rings.